The third-order valence-electron chi connectivity index (χ3n) is 5.21. The summed E-state index contributed by atoms with van der Waals surface area (Å²) in [5.41, 5.74) is 1.41. The number of aromatic nitrogens is 1. The van der Waals surface area contributed by atoms with Gasteiger partial charge in [0.15, 0.2) is 6.61 Å². The predicted octanol–water partition coefficient (Wildman–Crippen LogP) is 1.93. The van der Waals surface area contributed by atoms with Crippen LogP contribution in [0.1, 0.15) is 19.0 Å². The molecule has 0 N–H and O–H groups in total. The second-order valence-electron chi connectivity index (χ2n) is 7.50. The number of hydrogen-bond donors (Lipinski definition) is 0. The van der Waals surface area contributed by atoms with Gasteiger partial charge in [0.2, 0.25) is 0 Å². The number of cyclic esters (lactones) is 1. The average molecular weight is 459 g/mol. The van der Waals surface area contributed by atoms with Gasteiger partial charge in [-0.1, -0.05) is 5.16 Å². The molecular formula is C21H22FN5O6. The number of anilines is 2. The van der Waals surface area contributed by atoms with Crippen LogP contribution in [0.3, 0.4) is 0 Å². The van der Waals surface area contributed by atoms with Crippen LogP contribution >= 0.6 is 0 Å². The monoisotopic (exact) mass is 459 g/mol. The fourth-order valence-electron chi connectivity index (χ4n) is 3.51. The number of carbonyl (C=O) groups is 3. The molecule has 2 aliphatic rings. The first-order chi connectivity index (χ1) is 15.9. The highest BCUT2D eigenvalue weighted by Gasteiger charge is 2.33. The summed E-state index contributed by atoms with van der Waals surface area (Å²) < 4.78 is 29.7. The number of ether oxygens (including phenoxy) is 2. The zero-order chi connectivity index (χ0) is 23.4. The van der Waals surface area contributed by atoms with Crippen LogP contribution in [-0.4, -0.2) is 66.8 Å². The number of esters is 1. The largest absolute Gasteiger partial charge is 0.456 e. The summed E-state index contributed by atoms with van der Waals surface area (Å²) in [6.07, 6.45) is 3.13. The van der Waals surface area contributed by atoms with Crippen molar-refractivity contribution in [2.75, 3.05) is 36.0 Å². The van der Waals surface area contributed by atoms with Crippen LogP contribution in [0.5, 0.6) is 0 Å². The van der Waals surface area contributed by atoms with Crippen LogP contribution in [0, 0.1) is 5.82 Å². The third kappa shape index (κ3) is 5.27. The van der Waals surface area contributed by atoms with Crippen molar-refractivity contribution < 1.29 is 32.8 Å². The molecule has 3 heterocycles. The lowest BCUT2D eigenvalue weighted by Gasteiger charge is -2.29. The van der Waals surface area contributed by atoms with E-state index in [9.17, 15) is 18.8 Å². The summed E-state index contributed by atoms with van der Waals surface area (Å²) in [7, 11) is 0. The quantitative estimate of drug-likeness (QED) is 0.577. The van der Waals surface area contributed by atoms with E-state index in [0.717, 1.165) is 10.7 Å². The lowest BCUT2D eigenvalue weighted by Crippen LogP contribution is -2.42. The number of halogens is 1. The maximum Gasteiger partial charge on any atom is 0.414 e. The number of hydrogen-bond acceptors (Lipinski definition) is 9. The van der Waals surface area contributed by atoms with Crippen LogP contribution < -0.4 is 9.80 Å². The van der Waals surface area contributed by atoms with Crippen molar-refractivity contribution in [1.82, 2.24) is 10.2 Å². The van der Waals surface area contributed by atoms with Crippen molar-refractivity contribution in [2.45, 2.75) is 25.9 Å². The molecule has 1 atom stereocenters. The van der Waals surface area contributed by atoms with Crippen molar-refractivity contribution in [3.05, 3.63) is 42.0 Å². The first-order valence-electron chi connectivity index (χ1n) is 10.3. The lowest BCUT2D eigenvalue weighted by atomic mass is 10.1. The van der Waals surface area contributed by atoms with Gasteiger partial charge in [-0.3, -0.25) is 14.5 Å². The van der Waals surface area contributed by atoms with Crippen LogP contribution in [0.15, 0.2) is 40.2 Å². The molecule has 2 aromatic rings. The van der Waals surface area contributed by atoms with E-state index >= 15 is 0 Å². The molecule has 0 unspecified atom stereocenters. The number of benzene rings is 1. The summed E-state index contributed by atoms with van der Waals surface area (Å²) in [6, 6.07) is 6.19. The van der Waals surface area contributed by atoms with Gasteiger partial charge in [0.1, 0.15) is 24.5 Å². The van der Waals surface area contributed by atoms with Gasteiger partial charge in [-0.15, -0.1) is 0 Å². The minimum Gasteiger partial charge on any atom is -0.456 e. The van der Waals surface area contributed by atoms with E-state index < -0.39 is 30.4 Å². The molecule has 0 radical (unpaired) electrons. The smallest absolute Gasteiger partial charge is 0.414 e. The number of hydrazone groups is 1. The topological polar surface area (TPSA) is 118 Å². The number of amides is 2. The van der Waals surface area contributed by atoms with Gasteiger partial charge in [0.05, 0.1) is 30.2 Å². The second-order valence-corrected chi connectivity index (χ2v) is 7.50. The Morgan fingerprint density at radius 3 is 2.79 bits per heavy atom. The maximum atomic E-state index is 14.9. The summed E-state index contributed by atoms with van der Waals surface area (Å²) in [5.74, 6) is -1.57. The standard InChI is InChI=1S/C21H22FN5O6/c1-14(28)31-12-20(29)27-8-7-25(13-23-27)19-5-3-16(10-18(19)22)26-11-17(33-21(26)30)4-2-15-6-9-32-24-15/h3,5-6,9-10,13,17H,2,4,7-8,11-12H2,1H3/t17-/m0/s1. The molecule has 0 spiro atoms. The normalized spacial score (nSPS) is 17.9. The van der Waals surface area contributed by atoms with E-state index in [2.05, 4.69) is 15.0 Å². The minimum absolute atomic E-state index is 0.198. The van der Waals surface area contributed by atoms with E-state index in [1.165, 1.54) is 30.5 Å². The van der Waals surface area contributed by atoms with Crippen molar-refractivity contribution in [3.63, 3.8) is 0 Å². The molecule has 1 fully saturated rings. The Morgan fingerprint density at radius 1 is 1.27 bits per heavy atom. The lowest BCUT2D eigenvalue weighted by molar-refractivity contribution is -0.150. The van der Waals surface area contributed by atoms with Gasteiger partial charge in [-0.05, 0) is 31.0 Å². The average Bonchev–Trinajstić information content (AvgIpc) is 3.45. The van der Waals surface area contributed by atoms with Crippen LogP contribution in [0.25, 0.3) is 0 Å². The van der Waals surface area contributed by atoms with E-state index in [4.69, 9.17) is 9.26 Å². The maximum absolute atomic E-state index is 14.9. The number of rotatable bonds is 7. The molecule has 2 amide bonds. The van der Waals surface area contributed by atoms with Crippen LogP contribution in [-0.2, 0) is 25.5 Å². The zero-order valence-electron chi connectivity index (χ0n) is 17.8. The molecule has 1 aromatic carbocycles. The minimum atomic E-state index is -0.559. The summed E-state index contributed by atoms with van der Waals surface area (Å²) >= 11 is 0. The third-order valence-corrected chi connectivity index (χ3v) is 5.21. The molecule has 11 nitrogen and oxygen atoms in total. The van der Waals surface area contributed by atoms with E-state index in [-0.39, 0.29) is 18.3 Å². The van der Waals surface area contributed by atoms with Gasteiger partial charge in [0.25, 0.3) is 5.91 Å². The van der Waals surface area contributed by atoms with E-state index in [1.807, 2.05) is 0 Å². The highest BCUT2D eigenvalue weighted by Crippen LogP contribution is 2.29. The molecule has 12 heteroatoms. The molecule has 174 valence electrons. The van der Waals surface area contributed by atoms with Crippen LogP contribution in [0.2, 0.25) is 0 Å². The number of aryl methyl sites for hydroxylation is 1. The summed E-state index contributed by atoms with van der Waals surface area (Å²) in [6.45, 7) is 1.61. The molecular weight excluding hydrogens is 437 g/mol. The Bertz CT molecular complexity index is 1060. The SMILES string of the molecule is CC(=O)OCC(=O)N1CCN(c2ccc(N3C[C@H](CCc4ccon4)OC3=O)cc2F)C=N1. The molecule has 1 aromatic heterocycles. The van der Waals surface area contributed by atoms with E-state index in [1.54, 1.807) is 23.1 Å². The number of nitrogens with zero attached hydrogens (tertiary/aromatic N) is 5. The molecule has 2 aliphatic heterocycles. The molecule has 0 saturated carbocycles. The van der Waals surface area contributed by atoms with Crippen molar-refractivity contribution in [1.29, 1.82) is 0 Å². The molecule has 0 bridgehead atoms. The molecule has 1 saturated heterocycles. The van der Waals surface area contributed by atoms with Gasteiger partial charge in [-0.25, -0.2) is 14.2 Å². The Hall–Kier alpha value is -3.96. The van der Waals surface area contributed by atoms with Crippen molar-refractivity contribution >= 4 is 35.7 Å². The Kier molecular flexibility index (Phi) is 6.52. The van der Waals surface area contributed by atoms with Crippen LogP contribution in [0.4, 0.5) is 20.6 Å². The highest BCUT2D eigenvalue weighted by molar-refractivity contribution is 5.91. The van der Waals surface area contributed by atoms with Gasteiger partial charge >= 0.3 is 12.1 Å². The Labute approximate surface area is 188 Å². The highest BCUT2D eigenvalue weighted by atomic mass is 19.1. The fourth-order valence-corrected chi connectivity index (χ4v) is 3.51. The Morgan fingerprint density at radius 2 is 2.12 bits per heavy atom. The molecule has 0 aliphatic carbocycles. The van der Waals surface area contributed by atoms with Gasteiger partial charge in [-0.2, -0.15) is 5.10 Å². The van der Waals surface area contributed by atoms with Crippen molar-refractivity contribution in [2.24, 2.45) is 5.10 Å². The molecule has 33 heavy (non-hydrogen) atoms. The predicted molar refractivity (Wildman–Crippen MR) is 113 cm³/mol. The Balaban J connectivity index is 1.36. The fraction of sp³-hybridized carbons (Fsp3) is 0.381. The zero-order valence-corrected chi connectivity index (χ0v) is 17.8. The molecule has 4 rings (SSSR count). The first-order valence-corrected chi connectivity index (χ1v) is 10.3. The summed E-state index contributed by atoms with van der Waals surface area (Å²) in [5, 5.41) is 8.99. The van der Waals surface area contributed by atoms with Crippen molar-refractivity contribution in [3.8, 4) is 0 Å². The van der Waals surface area contributed by atoms with Gasteiger partial charge in [0, 0.05) is 19.5 Å². The first kappa shape index (κ1) is 22.2. The second kappa shape index (κ2) is 9.67. The van der Waals surface area contributed by atoms with E-state index in [0.29, 0.717) is 31.6 Å². The number of carbonyl (C=O) groups excluding carboxylic acids is 3. The summed E-state index contributed by atoms with van der Waals surface area (Å²) in [4.78, 5) is 38.0. The van der Waals surface area contributed by atoms with Gasteiger partial charge < -0.3 is 18.9 Å².